The molecule has 1 N–H and O–H groups in total. The summed E-state index contributed by atoms with van der Waals surface area (Å²) in [6.45, 7) is 6.10. The number of benzene rings is 1. The van der Waals surface area contributed by atoms with Crippen molar-refractivity contribution in [1.82, 2.24) is 19.9 Å². The van der Waals surface area contributed by atoms with Gasteiger partial charge < -0.3 is 15.1 Å². The molecule has 0 unspecified atom stereocenters. The summed E-state index contributed by atoms with van der Waals surface area (Å²) >= 11 is 5.94. The van der Waals surface area contributed by atoms with E-state index < -0.39 is 0 Å². The second-order valence-corrected chi connectivity index (χ2v) is 7.13. The van der Waals surface area contributed by atoms with Gasteiger partial charge in [-0.25, -0.2) is 15.0 Å². The van der Waals surface area contributed by atoms with Gasteiger partial charge in [0.2, 0.25) is 11.9 Å². The molecule has 0 saturated carbocycles. The Bertz CT molecular complexity index is 910. The Morgan fingerprint density at radius 3 is 2.36 bits per heavy atom. The molecule has 1 aliphatic heterocycles. The number of nitrogens with zero attached hydrogens (tertiary/aromatic N) is 6. The van der Waals surface area contributed by atoms with Crippen LogP contribution in [0, 0.1) is 6.92 Å². The first kappa shape index (κ1) is 18.4. The zero-order chi connectivity index (χ0) is 19.3. The Kier molecular flexibility index (Phi) is 5.53. The lowest BCUT2D eigenvalue weighted by Crippen LogP contribution is -2.47. The molecule has 0 bridgehead atoms. The van der Waals surface area contributed by atoms with E-state index in [0.29, 0.717) is 12.5 Å². The van der Waals surface area contributed by atoms with Crippen LogP contribution >= 0.6 is 11.6 Å². The second kappa shape index (κ2) is 8.39. The summed E-state index contributed by atoms with van der Waals surface area (Å²) in [6.07, 6.45) is 3.56. The third-order valence-corrected chi connectivity index (χ3v) is 4.90. The van der Waals surface area contributed by atoms with Gasteiger partial charge in [-0.3, -0.25) is 0 Å². The number of aromatic nitrogens is 4. The first-order valence-corrected chi connectivity index (χ1v) is 9.66. The van der Waals surface area contributed by atoms with Gasteiger partial charge in [-0.05, 0) is 30.7 Å². The molecule has 0 spiro atoms. The lowest BCUT2D eigenvalue weighted by molar-refractivity contribution is 0.634. The maximum atomic E-state index is 5.94. The van der Waals surface area contributed by atoms with Crippen molar-refractivity contribution in [3.63, 3.8) is 0 Å². The van der Waals surface area contributed by atoms with E-state index in [9.17, 15) is 0 Å². The molecule has 144 valence electrons. The SMILES string of the molecule is Cc1cc(N2CCN(c3ncccn3)CC2)nc(NCc2ccc(Cl)cc2)n1. The van der Waals surface area contributed by atoms with E-state index in [4.69, 9.17) is 16.6 Å². The molecule has 7 nitrogen and oxygen atoms in total. The number of aryl methyl sites for hydroxylation is 1. The number of rotatable bonds is 5. The summed E-state index contributed by atoms with van der Waals surface area (Å²) in [5.41, 5.74) is 2.07. The van der Waals surface area contributed by atoms with Gasteiger partial charge in [0.05, 0.1) is 0 Å². The summed E-state index contributed by atoms with van der Waals surface area (Å²) in [7, 11) is 0. The molecule has 0 amide bonds. The van der Waals surface area contributed by atoms with Gasteiger partial charge in [-0.15, -0.1) is 0 Å². The van der Waals surface area contributed by atoms with Crippen LogP contribution in [0.2, 0.25) is 5.02 Å². The van der Waals surface area contributed by atoms with Crippen molar-refractivity contribution in [2.24, 2.45) is 0 Å². The predicted octanol–water partition coefficient (Wildman–Crippen LogP) is 3.17. The Morgan fingerprint density at radius 2 is 1.64 bits per heavy atom. The number of halogens is 1. The summed E-state index contributed by atoms with van der Waals surface area (Å²) < 4.78 is 0. The zero-order valence-electron chi connectivity index (χ0n) is 15.7. The van der Waals surface area contributed by atoms with Gasteiger partial charge in [-0.2, -0.15) is 4.98 Å². The lowest BCUT2D eigenvalue weighted by atomic mass is 10.2. The Balaban J connectivity index is 1.40. The summed E-state index contributed by atoms with van der Waals surface area (Å²) in [6, 6.07) is 11.6. The van der Waals surface area contributed by atoms with E-state index >= 15 is 0 Å². The average Bonchev–Trinajstić information content (AvgIpc) is 2.74. The molecule has 1 aliphatic rings. The predicted molar refractivity (Wildman–Crippen MR) is 112 cm³/mol. The van der Waals surface area contributed by atoms with Gasteiger partial charge in [-0.1, -0.05) is 23.7 Å². The first-order valence-electron chi connectivity index (χ1n) is 9.28. The first-order chi connectivity index (χ1) is 13.7. The number of piperazine rings is 1. The minimum atomic E-state index is 0.638. The van der Waals surface area contributed by atoms with Crippen LogP contribution in [0.15, 0.2) is 48.8 Å². The molecule has 3 heterocycles. The molecule has 1 fully saturated rings. The van der Waals surface area contributed by atoms with Crippen LogP contribution in [-0.4, -0.2) is 46.1 Å². The highest BCUT2D eigenvalue weighted by molar-refractivity contribution is 6.30. The molecule has 0 atom stereocenters. The van der Waals surface area contributed by atoms with E-state index in [2.05, 4.69) is 30.1 Å². The van der Waals surface area contributed by atoms with Crippen molar-refractivity contribution >= 4 is 29.3 Å². The number of nitrogens with one attached hydrogen (secondary N) is 1. The highest BCUT2D eigenvalue weighted by atomic mass is 35.5. The molecule has 1 saturated heterocycles. The standard InChI is InChI=1S/C20H22ClN7/c1-15-13-18(26-19(25-15)24-14-16-3-5-17(21)6-4-16)27-9-11-28(12-10-27)20-22-7-2-8-23-20/h2-8,13H,9-12,14H2,1H3,(H,24,25,26). The highest BCUT2D eigenvalue weighted by Gasteiger charge is 2.20. The van der Waals surface area contributed by atoms with Crippen molar-refractivity contribution in [2.75, 3.05) is 41.3 Å². The smallest absolute Gasteiger partial charge is 0.225 e. The van der Waals surface area contributed by atoms with E-state index in [1.165, 1.54) is 0 Å². The molecule has 2 aromatic heterocycles. The maximum Gasteiger partial charge on any atom is 0.225 e. The third kappa shape index (κ3) is 4.48. The van der Waals surface area contributed by atoms with E-state index in [1.54, 1.807) is 12.4 Å². The van der Waals surface area contributed by atoms with E-state index in [-0.39, 0.29) is 0 Å². The van der Waals surface area contributed by atoms with Gasteiger partial charge >= 0.3 is 0 Å². The van der Waals surface area contributed by atoms with E-state index in [0.717, 1.165) is 54.2 Å². The van der Waals surface area contributed by atoms with Gasteiger partial charge in [0.15, 0.2) is 0 Å². The fourth-order valence-electron chi connectivity index (χ4n) is 3.17. The Labute approximate surface area is 169 Å². The van der Waals surface area contributed by atoms with Crippen molar-refractivity contribution in [1.29, 1.82) is 0 Å². The van der Waals surface area contributed by atoms with E-state index in [1.807, 2.05) is 43.3 Å². The second-order valence-electron chi connectivity index (χ2n) is 6.69. The molecule has 0 radical (unpaired) electrons. The maximum absolute atomic E-state index is 5.94. The van der Waals surface area contributed by atoms with Gasteiger partial charge in [0, 0.05) is 61.9 Å². The van der Waals surface area contributed by atoms with Crippen molar-refractivity contribution in [3.05, 3.63) is 65.1 Å². The summed E-state index contributed by atoms with van der Waals surface area (Å²) in [5.74, 6) is 2.37. The third-order valence-electron chi connectivity index (χ3n) is 4.64. The molecule has 0 aliphatic carbocycles. The van der Waals surface area contributed by atoms with Crippen molar-refractivity contribution in [3.8, 4) is 0 Å². The monoisotopic (exact) mass is 395 g/mol. The van der Waals surface area contributed by atoms with Crippen LogP contribution in [0.3, 0.4) is 0 Å². The van der Waals surface area contributed by atoms with Gasteiger partial charge in [0.25, 0.3) is 0 Å². The van der Waals surface area contributed by atoms with Crippen molar-refractivity contribution in [2.45, 2.75) is 13.5 Å². The lowest BCUT2D eigenvalue weighted by Gasteiger charge is -2.35. The molecule has 8 heteroatoms. The fourth-order valence-corrected chi connectivity index (χ4v) is 3.29. The number of anilines is 3. The minimum Gasteiger partial charge on any atom is -0.353 e. The fraction of sp³-hybridized carbons (Fsp3) is 0.300. The summed E-state index contributed by atoms with van der Waals surface area (Å²) in [4.78, 5) is 22.4. The Morgan fingerprint density at radius 1 is 0.964 bits per heavy atom. The van der Waals surface area contributed by atoms with Gasteiger partial charge in [0.1, 0.15) is 5.82 Å². The van der Waals surface area contributed by atoms with Crippen LogP contribution in [0.1, 0.15) is 11.3 Å². The normalized spacial score (nSPS) is 14.2. The molecular weight excluding hydrogens is 374 g/mol. The zero-order valence-corrected chi connectivity index (χ0v) is 16.5. The molecule has 1 aromatic carbocycles. The number of hydrogen-bond acceptors (Lipinski definition) is 7. The largest absolute Gasteiger partial charge is 0.353 e. The summed E-state index contributed by atoms with van der Waals surface area (Å²) in [5, 5.41) is 4.05. The topological polar surface area (TPSA) is 70.1 Å². The minimum absolute atomic E-state index is 0.638. The molecule has 4 rings (SSSR count). The highest BCUT2D eigenvalue weighted by Crippen LogP contribution is 2.19. The van der Waals surface area contributed by atoms with Crippen molar-refractivity contribution < 1.29 is 0 Å². The Hall–Kier alpha value is -2.93. The number of hydrogen-bond donors (Lipinski definition) is 1. The van der Waals surface area contributed by atoms with Crippen LogP contribution < -0.4 is 15.1 Å². The van der Waals surface area contributed by atoms with Crippen LogP contribution in [0.25, 0.3) is 0 Å². The average molecular weight is 396 g/mol. The van der Waals surface area contributed by atoms with Crippen LogP contribution in [0.4, 0.5) is 17.7 Å². The molecular formula is C20H22ClN7. The van der Waals surface area contributed by atoms with Crippen LogP contribution in [0.5, 0.6) is 0 Å². The molecule has 3 aromatic rings. The van der Waals surface area contributed by atoms with Crippen LogP contribution in [-0.2, 0) is 6.54 Å². The molecule has 28 heavy (non-hydrogen) atoms. The quantitative estimate of drug-likeness (QED) is 0.711.